The van der Waals surface area contributed by atoms with E-state index in [1.54, 1.807) is 41.3 Å². The first-order valence-corrected chi connectivity index (χ1v) is 9.41. The number of halogens is 1. The molecular formula is C16H16FN5OS2. The smallest absolute Gasteiger partial charge is 0.239 e. The summed E-state index contributed by atoms with van der Waals surface area (Å²) >= 11 is 2.64. The van der Waals surface area contributed by atoms with Crippen LogP contribution in [0.3, 0.4) is 0 Å². The van der Waals surface area contributed by atoms with Crippen molar-refractivity contribution in [2.45, 2.75) is 30.8 Å². The van der Waals surface area contributed by atoms with Gasteiger partial charge in [-0.25, -0.2) is 9.37 Å². The average Bonchev–Trinajstić information content (AvgIpc) is 3.24. The maximum absolute atomic E-state index is 14.0. The zero-order valence-corrected chi connectivity index (χ0v) is 15.3. The number of aromatic nitrogens is 4. The van der Waals surface area contributed by atoms with Gasteiger partial charge in [-0.2, -0.15) is 0 Å². The van der Waals surface area contributed by atoms with Crippen LogP contribution in [0, 0.1) is 5.82 Å². The Morgan fingerprint density at radius 2 is 2.20 bits per heavy atom. The molecule has 0 bridgehead atoms. The van der Waals surface area contributed by atoms with Gasteiger partial charge in [0, 0.05) is 18.1 Å². The van der Waals surface area contributed by atoms with Gasteiger partial charge in [-0.1, -0.05) is 23.9 Å². The van der Waals surface area contributed by atoms with Gasteiger partial charge in [0.1, 0.15) is 5.82 Å². The van der Waals surface area contributed by atoms with Gasteiger partial charge < -0.3 is 9.88 Å². The summed E-state index contributed by atoms with van der Waals surface area (Å²) in [7, 11) is 0. The van der Waals surface area contributed by atoms with Gasteiger partial charge >= 0.3 is 0 Å². The number of thiazole rings is 1. The third kappa shape index (κ3) is 3.88. The second kappa shape index (κ2) is 7.75. The van der Waals surface area contributed by atoms with E-state index in [0.717, 1.165) is 0 Å². The van der Waals surface area contributed by atoms with E-state index in [0.29, 0.717) is 28.2 Å². The van der Waals surface area contributed by atoms with Gasteiger partial charge in [0.05, 0.1) is 10.8 Å². The maximum Gasteiger partial charge on any atom is 0.239 e. The van der Waals surface area contributed by atoms with Gasteiger partial charge in [-0.3, -0.25) is 4.79 Å². The summed E-state index contributed by atoms with van der Waals surface area (Å²) in [5.74, 6) is -0.0654. The van der Waals surface area contributed by atoms with Gasteiger partial charge in [-0.05, 0) is 26.0 Å². The molecule has 25 heavy (non-hydrogen) atoms. The minimum absolute atomic E-state index is 0.168. The number of thioether (sulfide) groups is 1. The highest BCUT2D eigenvalue weighted by Gasteiger charge is 2.21. The van der Waals surface area contributed by atoms with Crippen molar-refractivity contribution < 1.29 is 9.18 Å². The van der Waals surface area contributed by atoms with Crippen molar-refractivity contribution in [3.63, 3.8) is 0 Å². The summed E-state index contributed by atoms with van der Waals surface area (Å²) in [4.78, 5) is 16.3. The molecule has 0 saturated carbocycles. The van der Waals surface area contributed by atoms with Crippen molar-refractivity contribution in [1.82, 2.24) is 19.7 Å². The van der Waals surface area contributed by atoms with E-state index in [2.05, 4.69) is 20.5 Å². The predicted molar refractivity (Wildman–Crippen MR) is 97.2 cm³/mol. The van der Waals surface area contributed by atoms with E-state index in [4.69, 9.17) is 0 Å². The molecule has 130 valence electrons. The third-order valence-corrected chi connectivity index (χ3v) is 5.23. The Balaban J connectivity index is 1.79. The summed E-state index contributed by atoms with van der Waals surface area (Å²) in [6, 6.07) is 6.44. The molecule has 3 rings (SSSR count). The van der Waals surface area contributed by atoms with E-state index >= 15 is 0 Å². The molecule has 2 aromatic heterocycles. The topological polar surface area (TPSA) is 72.7 Å². The van der Waals surface area contributed by atoms with E-state index in [1.165, 1.54) is 29.2 Å². The molecule has 1 N–H and O–H groups in total. The average molecular weight is 377 g/mol. The molecule has 2 heterocycles. The van der Waals surface area contributed by atoms with Crippen LogP contribution in [-0.4, -0.2) is 30.9 Å². The molecule has 0 saturated heterocycles. The molecule has 9 heteroatoms. The van der Waals surface area contributed by atoms with Crippen LogP contribution in [0.5, 0.6) is 0 Å². The maximum atomic E-state index is 14.0. The lowest BCUT2D eigenvalue weighted by Gasteiger charge is -2.11. The molecule has 0 radical (unpaired) electrons. The Morgan fingerprint density at radius 1 is 1.40 bits per heavy atom. The largest absolute Gasteiger partial charge is 0.302 e. The van der Waals surface area contributed by atoms with Crippen LogP contribution in [0.25, 0.3) is 11.4 Å². The normalized spacial score (nSPS) is 12.1. The highest BCUT2D eigenvalue weighted by atomic mass is 32.2. The number of nitrogens with zero attached hydrogens (tertiary/aromatic N) is 4. The first-order chi connectivity index (χ1) is 12.1. The van der Waals surface area contributed by atoms with Gasteiger partial charge in [0.25, 0.3) is 0 Å². The molecule has 0 fully saturated rings. The number of nitrogens with one attached hydrogen (secondary N) is 1. The predicted octanol–water partition coefficient (Wildman–Crippen LogP) is 3.68. The van der Waals surface area contributed by atoms with Gasteiger partial charge in [0.15, 0.2) is 16.1 Å². The van der Waals surface area contributed by atoms with Crippen LogP contribution < -0.4 is 5.32 Å². The summed E-state index contributed by atoms with van der Waals surface area (Å²) in [6.07, 6.45) is 1.63. The van der Waals surface area contributed by atoms with Crippen molar-refractivity contribution in [3.05, 3.63) is 41.7 Å². The number of hydrogen-bond donors (Lipinski definition) is 1. The van der Waals surface area contributed by atoms with Crippen LogP contribution >= 0.6 is 23.1 Å². The summed E-state index contributed by atoms with van der Waals surface area (Å²) in [6.45, 7) is 4.28. The molecule has 1 atom stereocenters. The highest BCUT2D eigenvalue weighted by Crippen LogP contribution is 2.28. The highest BCUT2D eigenvalue weighted by molar-refractivity contribution is 8.00. The molecule has 1 amide bonds. The molecule has 0 aliphatic carbocycles. The SMILES string of the molecule is CCn1c(S[C@H](C)C(=O)Nc2nccs2)nnc1-c1ccccc1F. The molecule has 0 aliphatic rings. The Labute approximate surface area is 152 Å². The minimum Gasteiger partial charge on any atom is -0.302 e. The molecule has 0 aliphatic heterocycles. The van der Waals surface area contributed by atoms with E-state index < -0.39 is 5.25 Å². The van der Waals surface area contributed by atoms with Crippen LogP contribution in [0.1, 0.15) is 13.8 Å². The van der Waals surface area contributed by atoms with E-state index in [9.17, 15) is 9.18 Å². The summed E-state index contributed by atoms with van der Waals surface area (Å²) in [5, 5.41) is 13.5. The molecule has 6 nitrogen and oxygen atoms in total. The quantitative estimate of drug-likeness (QED) is 0.664. The van der Waals surface area contributed by atoms with Crippen LogP contribution in [-0.2, 0) is 11.3 Å². The van der Waals surface area contributed by atoms with E-state index in [-0.39, 0.29) is 11.7 Å². The number of carbonyl (C=O) groups excluding carboxylic acids is 1. The van der Waals surface area contributed by atoms with Crippen LogP contribution in [0.15, 0.2) is 41.0 Å². The zero-order valence-electron chi connectivity index (χ0n) is 13.6. The summed E-state index contributed by atoms with van der Waals surface area (Å²) < 4.78 is 15.8. The van der Waals surface area contributed by atoms with Crippen LogP contribution in [0.2, 0.25) is 0 Å². The van der Waals surface area contributed by atoms with Crippen molar-refractivity contribution in [3.8, 4) is 11.4 Å². The number of hydrogen-bond acceptors (Lipinski definition) is 6. The second-order valence-electron chi connectivity index (χ2n) is 5.12. The first-order valence-electron chi connectivity index (χ1n) is 7.65. The Kier molecular flexibility index (Phi) is 5.44. The lowest BCUT2D eigenvalue weighted by atomic mass is 10.2. The number of anilines is 1. The van der Waals surface area contributed by atoms with Crippen molar-refractivity contribution in [2.24, 2.45) is 0 Å². The Morgan fingerprint density at radius 3 is 2.88 bits per heavy atom. The Hall–Kier alpha value is -2.26. The minimum atomic E-state index is -0.396. The van der Waals surface area contributed by atoms with Crippen molar-refractivity contribution in [1.29, 1.82) is 0 Å². The molecule has 1 aromatic carbocycles. The van der Waals surface area contributed by atoms with Gasteiger partial charge in [-0.15, -0.1) is 21.5 Å². The fraction of sp³-hybridized carbons (Fsp3) is 0.250. The summed E-state index contributed by atoms with van der Waals surface area (Å²) in [5.41, 5.74) is 0.392. The van der Waals surface area contributed by atoms with Gasteiger partial charge in [0.2, 0.25) is 5.91 Å². The molecule has 0 spiro atoms. The first kappa shape index (κ1) is 17.6. The van der Waals surface area contributed by atoms with E-state index in [1.807, 2.05) is 6.92 Å². The fourth-order valence-corrected chi connectivity index (χ4v) is 3.65. The standard InChI is InChI=1S/C16H16FN5OS2/c1-3-22-13(11-6-4-5-7-12(11)17)20-21-16(22)25-10(2)14(23)19-15-18-8-9-24-15/h4-10H,3H2,1-2H3,(H,18,19,23)/t10-/m1/s1. The van der Waals surface area contributed by atoms with Crippen LogP contribution in [0.4, 0.5) is 9.52 Å². The third-order valence-electron chi connectivity index (χ3n) is 3.46. The second-order valence-corrected chi connectivity index (χ2v) is 7.32. The van der Waals surface area contributed by atoms with Crippen molar-refractivity contribution in [2.75, 3.05) is 5.32 Å². The zero-order chi connectivity index (χ0) is 17.8. The van der Waals surface area contributed by atoms with Crippen molar-refractivity contribution >= 4 is 34.1 Å². The number of amides is 1. The Bertz CT molecular complexity index is 865. The lowest BCUT2D eigenvalue weighted by molar-refractivity contribution is -0.115. The number of benzene rings is 1. The fourth-order valence-electron chi connectivity index (χ4n) is 2.21. The number of rotatable bonds is 6. The lowest BCUT2D eigenvalue weighted by Crippen LogP contribution is -2.22. The monoisotopic (exact) mass is 377 g/mol. The number of carbonyl (C=O) groups is 1. The molecule has 0 unspecified atom stereocenters. The molecule has 3 aromatic rings. The molecular weight excluding hydrogens is 361 g/mol.